The number of carbonyl (C=O) groups excluding carboxylic acids is 1. The standard InChI is InChI=1S/C27H37FN2O2S/c28-22-10-7-14-25(18-22)32-21-27(31)30(20-26-15-9-17-33-26)24-13-8-16-29(19-24)23-11-5-3-1-2-4-6-12-23/h7,9-10,14-15,17-18,23-24H,1-6,8,11-13,16,19-21H2. The molecule has 2 fully saturated rings. The summed E-state index contributed by atoms with van der Waals surface area (Å²) in [7, 11) is 0. The summed E-state index contributed by atoms with van der Waals surface area (Å²) in [4.78, 5) is 19.2. The van der Waals surface area contributed by atoms with Crippen LogP contribution in [-0.4, -0.2) is 47.5 Å². The van der Waals surface area contributed by atoms with Gasteiger partial charge in [-0.1, -0.05) is 50.7 Å². The van der Waals surface area contributed by atoms with Crippen molar-refractivity contribution in [2.24, 2.45) is 0 Å². The number of ether oxygens (including phenoxy) is 1. The highest BCUT2D eigenvalue weighted by molar-refractivity contribution is 7.09. The van der Waals surface area contributed by atoms with Gasteiger partial charge in [0, 0.05) is 29.6 Å². The quantitative estimate of drug-likeness (QED) is 0.477. The zero-order valence-corrected chi connectivity index (χ0v) is 20.4. The van der Waals surface area contributed by atoms with E-state index in [1.54, 1.807) is 23.5 Å². The molecule has 1 atom stereocenters. The molecule has 1 saturated heterocycles. The van der Waals surface area contributed by atoms with E-state index < -0.39 is 0 Å². The lowest BCUT2D eigenvalue weighted by molar-refractivity contribution is -0.138. The SMILES string of the molecule is O=C(COc1cccc(F)c1)N(Cc1cccs1)C1CCCN(C2CCCCCCCC2)C1. The lowest BCUT2D eigenvalue weighted by Crippen LogP contribution is -2.53. The van der Waals surface area contributed by atoms with Crippen LogP contribution in [0.5, 0.6) is 5.75 Å². The van der Waals surface area contributed by atoms with Crippen LogP contribution in [0.2, 0.25) is 0 Å². The molecule has 1 aliphatic heterocycles. The zero-order chi connectivity index (χ0) is 22.9. The van der Waals surface area contributed by atoms with Gasteiger partial charge < -0.3 is 9.64 Å². The molecule has 1 unspecified atom stereocenters. The van der Waals surface area contributed by atoms with E-state index in [2.05, 4.69) is 16.3 Å². The Morgan fingerprint density at radius 3 is 2.55 bits per heavy atom. The van der Waals surface area contributed by atoms with Crippen LogP contribution in [-0.2, 0) is 11.3 Å². The van der Waals surface area contributed by atoms with Crippen LogP contribution in [0.15, 0.2) is 41.8 Å². The molecule has 0 spiro atoms. The van der Waals surface area contributed by atoms with E-state index in [-0.39, 0.29) is 24.4 Å². The van der Waals surface area contributed by atoms with Gasteiger partial charge in [-0.2, -0.15) is 0 Å². The number of amides is 1. The fraction of sp³-hybridized carbons (Fsp3) is 0.593. The molecule has 0 bridgehead atoms. The Morgan fingerprint density at radius 2 is 1.82 bits per heavy atom. The van der Waals surface area contributed by atoms with Crippen molar-refractivity contribution >= 4 is 17.2 Å². The molecule has 6 heteroatoms. The predicted octanol–water partition coefficient (Wildman–Crippen LogP) is 6.26. The van der Waals surface area contributed by atoms with Gasteiger partial charge in [-0.15, -0.1) is 11.3 Å². The van der Waals surface area contributed by atoms with Crippen molar-refractivity contribution in [3.05, 3.63) is 52.5 Å². The van der Waals surface area contributed by atoms with Crippen molar-refractivity contribution in [2.45, 2.75) is 82.8 Å². The summed E-state index contributed by atoms with van der Waals surface area (Å²) in [6, 6.07) is 11.0. The van der Waals surface area contributed by atoms with Gasteiger partial charge in [0.2, 0.25) is 0 Å². The maximum absolute atomic E-state index is 13.5. The maximum atomic E-state index is 13.5. The number of nitrogens with zero attached hydrogens (tertiary/aromatic N) is 2. The third-order valence-electron chi connectivity index (χ3n) is 7.09. The summed E-state index contributed by atoms with van der Waals surface area (Å²) in [6.45, 7) is 2.64. The van der Waals surface area contributed by atoms with Crippen molar-refractivity contribution in [3.63, 3.8) is 0 Å². The molecule has 4 rings (SSSR count). The number of hydrogen-bond donors (Lipinski definition) is 0. The summed E-state index contributed by atoms with van der Waals surface area (Å²) in [5.74, 6) is 0.0255. The van der Waals surface area contributed by atoms with E-state index in [0.29, 0.717) is 18.3 Å². The molecule has 2 aromatic rings. The van der Waals surface area contributed by atoms with Crippen molar-refractivity contribution in [1.29, 1.82) is 0 Å². The summed E-state index contributed by atoms with van der Waals surface area (Å²) >= 11 is 1.69. The molecule has 1 aromatic carbocycles. The number of rotatable bonds is 7. The van der Waals surface area contributed by atoms with E-state index in [9.17, 15) is 9.18 Å². The third-order valence-corrected chi connectivity index (χ3v) is 7.96. The van der Waals surface area contributed by atoms with Crippen molar-refractivity contribution < 1.29 is 13.9 Å². The number of benzene rings is 1. The van der Waals surface area contributed by atoms with E-state index in [1.165, 1.54) is 68.4 Å². The first-order valence-electron chi connectivity index (χ1n) is 12.6. The largest absolute Gasteiger partial charge is 0.484 e. The minimum atomic E-state index is -0.353. The van der Waals surface area contributed by atoms with Crippen LogP contribution in [0.1, 0.15) is 69.1 Å². The lowest BCUT2D eigenvalue weighted by Gasteiger charge is -2.42. The normalized spacial score (nSPS) is 21.1. The Labute approximate surface area is 201 Å². The van der Waals surface area contributed by atoms with Gasteiger partial charge in [-0.3, -0.25) is 9.69 Å². The molecule has 1 aliphatic carbocycles. The van der Waals surface area contributed by atoms with Crippen LogP contribution in [0.25, 0.3) is 0 Å². The zero-order valence-electron chi connectivity index (χ0n) is 19.6. The number of halogens is 1. The summed E-state index contributed by atoms with van der Waals surface area (Å²) in [5.41, 5.74) is 0. The molecule has 180 valence electrons. The average Bonchev–Trinajstić information content (AvgIpc) is 3.38. The van der Waals surface area contributed by atoms with E-state index in [0.717, 1.165) is 25.9 Å². The van der Waals surface area contributed by atoms with Gasteiger partial charge in [-0.25, -0.2) is 4.39 Å². The molecule has 2 aliphatic rings. The Bertz CT molecular complexity index is 850. The molecular weight excluding hydrogens is 435 g/mol. The second-order valence-corrected chi connectivity index (χ2v) is 10.5. The number of carbonyl (C=O) groups is 1. The van der Waals surface area contributed by atoms with Crippen molar-refractivity contribution in [1.82, 2.24) is 9.80 Å². The number of piperidine rings is 1. The molecule has 1 aromatic heterocycles. The lowest BCUT2D eigenvalue weighted by atomic mass is 9.97. The molecular formula is C27H37FN2O2S. The summed E-state index contributed by atoms with van der Waals surface area (Å²) in [6.07, 6.45) is 12.8. The van der Waals surface area contributed by atoms with E-state index in [4.69, 9.17) is 4.74 Å². The Morgan fingerprint density at radius 1 is 1.03 bits per heavy atom. The first-order valence-corrected chi connectivity index (χ1v) is 13.5. The fourth-order valence-corrected chi connectivity index (χ4v) is 6.02. The maximum Gasteiger partial charge on any atom is 0.261 e. The predicted molar refractivity (Wildman–Crippen MR) is 132 cm³/mol. The Kier molecular flexibility index (Phi) is 9.18. The Balaban J connectivity index is 1.43. The monoisotopic (exact) mass is 472 g/mol. The summed E-state index contributed by atoms with van der Waals surface area (Å²) in [5, 5.41) is 2.06. The van der Waals surface area contributed by atoms with Crippen LogP contribution < -0.4 is 4.74 Å². The van der Waals surface area contributed by atoms with Crippen molar-refractivity contribution in [3.8, 4) is 5.75 Å². The Hall–Kier alpha value is -1.92. The van der Waals surface area contributed by atoms with E-state index >= 15 is 0 Å². The van der Waals surface area contributed by atoms with Crippen LogP contribution in [0.4, 0.5) is 4.39 Å². The first kappa shape index (κ1) is 24.2. The van der Waals surface area contributed by atoms with Gasteiger partial charge in [0.1, 0.15) is 11.6 Å². The third kappa shape index (κ3) is 7.28. The molecule has 0 radical (unpaired) electrons. The average molecular weight is 473 g/mol. The second kappa shape index (κ2) is 12.5. The molecule has 2 heterocycles. The minimum Gasteiger partial charge on any atom is -0.484 e. The van der Waals surface area contributed by atoms with E-state index in [1.807, 2.05) is 11.0 Å². The molecule has 1 amide bonds. The smallest absolute Gasteiger partial charge is 0.261 e. The van der Waals surface area contributed by atoms with Crippen molar-refractivity contribution in [2.75, 3.05) is 19.7 Å². The first-order chi connectivity index (χ1) is 16.2. The number of thiophene rings is 1. The molecule has 1 saturated carbocycles. The van der Waals surface area contributed by atoms with Gasteiger partial charge in [0.05, 0.1) is 6.54 Å². The van der Waals surface area contributed by atoms with Crippen LogP contribution in [0.3, 0.4) is 0 Å². The summed E-state index contributed by atoms with van der Waals surface area (Å²) < 4.78 is 19.2. The fourth-order valence-electron chi connectivity index (χ4n) is 5.32. The second-order valence-electron chi connectivity index (χ2n) is 9.49. The number of likely N-dealkylation sites (tertiary alicyclic amines) is 1. The highest BCUT2D eigenvalue weighted by atomic mass is 32.1. The topological polar surface area (TPSA) is 32.8 Å². The highest BCUT2D eigenvalue weighted by Crippen LogP contribution is 2.27. The number of hydrogen-bond acceptors (Lipinski definition) is 4. The van der Waals surface area contributed by atoms with Crippen LogP contribution in [0, 0.1) is 5.82 Å². The van der Waals surface area contributed by atoms with Gasteiger partial charge in [0.15, 0.2) is 6.61 Å². The molecule has 33 heavy (non-hydrogen) atoms. The molecule has 4 nitrogen and oxygen atoms in total. The minimum absolute atomic E-state index is 0.0195. The highest BCUT2D eigenvalue weighted by Gasteiger charge is 2.32. The van der Waals surface area contributed by atoms with Gasteiger partial charge >= 0.3 is 0 Å². The van der Waals surface area contributed by atoms with Crippen LogP contribution >= 0.6 is 11.3 Å². The van der Waals surface area contributed by atoms with Gasteiger partial charge in [-0.05, 0) is 55.8 Å². The molecule has 0 N–H and O–H groups in total. The van der Waals surface area contributed by atoms with Gasteiger partial charge in [0.25, 0.3) is 5.91 Å².